The Kier molecular flexibility index (Phi) is 4.50. The molecular formula is C15H21N3OS. The zero-order valence-corrected chi connectivity index (χ0v) is 12.4. The minimum Gasteiger partial charge on any atom is -0.340 e. The van der Waals surface area contributed by atoms with Crippen LogP contribution in [-0.4, -0.2) is 54.5 Å². The van der Waals surface area contributed by atoms with Gasteiger partial charge in [0.15, 0.2) is 0 Å². The second kappa shape index (κ2) is 6.52. The van der Waals surface area contributed by atoms with Crippen molar-refractivity contribution in [2.24, 2.45) is 0 Å². The minimum absolute atomic E-state index is 0.0983. The van der Waals surface area contributed by atoms with Gasteiger partial charge in [0.1, 0.15) is 6.04 Å². The predicted molar refractivity (Wildman–Crippen MR) is 81.7 cm³/mol. The van der Waals surface area contributed by atoms with Gasteiger partial charge in [-0.25, -0.2) is 0 Å². The third-order valence-electron chi connectivity index (χ3n) is 3.91. The van der Waals surface area contributed by atoms with Gasteiger partial charge < -0.3 is 4.90 Å². The Morgan fingerprint density at radius 2 is 2.30 bits per heavy atom. The average Bonchev–Trinajstić information content (AvgIpc) is 3.10. The highest BCUT2D eigenvalue weighted by molar-refractivity contribution is 7.09. The summed E-state index contributed by atoms with van der Waals surface area (Å²) in [5.74, 6) is 0.233. The second-order valence-electron chi connectivity index (χ2n) is 5.35. The minimum atomic E-state index is -0.0983. The fourth-order valence-electron chi connectivity index (χ4n) is 2.81. The zero-order valence-electron chi connectivity index (χ0n) is 11.6. The lowest BCUT2D eigenvalue weighted by Crippen LogP contribution is -2.45. The van der Waals surface area contributed by atoms with Gasteiger partial charge in [-0.15, -0.1) is 11.3 Å². The number of hydrogen-bond donors (Lipinski definition) is 1. The van der Waals surface area contributed by atoms with Gasteiger partial charge in [0, 0.05) is 44.1 Å². The average molecular weight is 291 g/mol. The Labute approximate surface area is 124 Å². The van der Waals surface area contributed by atoms with Gasteiger partial charge >= 0.3 is 0 Å². The molecule has 3 heterocycles. The van der Waals surface area contributed by atoms with Crippen molar-refractivity contribution in [3.05, 3.63) is 34.5 Å². The standard InChI is InChI=1S/C15H21N3OS/c19-15(14-5-1-6-16-14)18-8-3-7-17(9-10-18)12-13-4-2-11-20-13/h1-2,4-5,11,14,16H,3,6-10,12H2. The van der Waals surface area contributed by atoms with Crippen LogP contribution < -0.4 is 5.32 Å². The highest BCUT2D eigenvalue weighted by Crippen LogP contribution is 2.14. The number of carbonyl (C=O) groups is 1. The maximum Gasteiger partial charge on any atom is 0.243 e. The first-order valence-electron chi connectivity index (χ1n) is 7.26. The number of rotatable bonds is 3. The molecule has 1 unspecified atom stereocenters. The first-order valence-corrected chi connectivity index (χ1v) is 8.14. The smallest absolute Gasteiger partial charge is 0.243 e. The van der Waals surface area contributed by atoms with E-state index in [0.717, 1.165) is 45.7 Å². The third kappa shape index (κ3) is 3.29. The molecule has 4 nitrogen and oxygen atoms in total. The summed E-state index contributed by atoms with van der Waals surface area (Å²) in [7, 11) is 0. The van der Waals surface area contributed by atoms with Crippen molar-refractivity contribution < 1.29 is 4.79 Å². The molecule has 2 aliphatic heterocycles. The van der Waals surface area contributed by atoms with Crippen molar-refractivity contribution in [1.29, 1.82) is 0 Å². The summed E-state index contributed by atoms with van der Waals surface area (Å²) in [6.07, 6.45) is 5.08. The van der Waals surface area contributed by atoms with E-state index in [1.165, 1.54) is 4.88 Å². The van der Waals surface area contributed by atoms with E-state index in [2.05, 4.69) is 27.7 Å². The lowest BCUT2D eigenvalue weighted by Gasteiger charge is -2.24. The summed E-state index contributed by atoms with van der Waals surface area (Å²) in [6, 6.07) is 4.19. The lowest BCUT2D eigenvalue weighted by molar-refractivity contribution is -0.131. The molecule has 0 bridgehead atoms. The van der Waals surface area contributed by atoms with Crippen molar-refractivity contribution in [3.63, 3.8) is 0 Å². The molecule has 0 saturated carbocycles. The van der Waals surface area contributed by atoms with Crippen LogP contribution in [0.3, 0.4) is 0 Å². The number of carbonyl (C=O) groups excluding carboxylic acids is 1. The monoisotopic (exact) mass is 291 g/mol. The first-order chi connectivity index (χ1) is 9.83. The summed E-state index contributed by atoms with van der Waals surface area (Å²) in [4.78, 5) is 18.3. The first kappa shape index (κ1) is 13.8. The van der Waals surface area contributed by atoms with Crippen molar-refractivity contribution >= 4 is 17.2 Å². The molecule has 1 N–H and O–H groups in total. The van der Waals surface area contributed by atoms with Crippen LogP contribution in [0.5, 0.6) is 0 Å². The van der Waals surface area contributed by atoms with E-state index in [1.807, 2.05) is 28.4 Å². The van der Waals surface area contributed by atoms with E-state index in [0.29, 0.717) is 0 Å². The topological polar surface area (TPSA) is 35.6 Å². The van der Waals surface area contributed by atoms with Crippen LogP contribution in [0.25, 0.3) is 0 Å². The maximum absolute atomic E-state index is 12.4. The Bertz CT molecular complexity index is 471. The molecule has 0 aromatic carbocycles. The van der Waals surface area contributed by atoms with Crippen LogP contribution in [0.15, 0.2) is 29.7 Å². The lowest BCUT2D eigenvalue weighted by atomic mass is 10.2. The molecule has 1 aromatic rings. The molecule has 1 atom stereocenters. The van der Waals surface area contributed by atoms with E-state index in [-0.39, 0.29) is 11.9 Å². The molecule has 2 aliphatic rings. The maximum atomic E-state index is 12.4. The predicted octanol–water partition coefficient (Wildman–Crippen LogP) is 1.31. The van der Waals surface area contributed by atoms with Gasteiger partial charge in [-0.2, -0.15) is 0 Å². The third-order valence-corrected chi connectivity index (χ3v) is 4.77. The fourth-order valence-corrected chi connectivity index (χ4v) is 3.55. The molecule has 1 amide bonds. The van der Waals surface area contributed by atoms with Crippen LogP contribution in [0, 0.1) is 0 Å². The number of hydrogen-bond acceptors (Lipinski definition) is 4. The molecule has 0 spiro atoms. The highest BCUT2D eigenvalue weighted by Gasteiger charge is 2.25. The summed E-state index contributed by atoms with van der Waals surface area (Å²) in [6.45, 7) is 5.60. The molecule has 1 aromatic heterocycles. The van der Waals surface area contributed by atoms with Gasteiger partial charge in [-0.05, 0) is 17.9 Å². The number of amides is 1. The van der Waals surface area contributed by atoms with Crippen LogP contribution in [0.1, 0.15) is 11.3 Å². The molecule has 0 radical (unpaired) electrons. The van der Waals surface area contributed by atoms with E-state index in [9.17, 15) is 4.79 Å². The molecular weight excluding hydrogens is 270 g/mol. The van der Waals surface area contributed by atoms with Crippen LogP contribution in [-0.2, 0) is 11.3 Å². The van der Waals surface area contributed by atoms with Crippen molar-refractivity contribution in [2.75, 3.05) is 32.7 Å². The molecule has 5 heteroatoms. The zero-order chi connectivity index (χ0) is 13.8. The van der Waals surface area contributed by atoms with E-state index < -0.39 is 0 Å². The van der Waals surface area contributed by atoms with Crippen molar-refractivity contribution in [1.82, 2.24) is 15.1 Å². The molecule has 3 rings (SSSR count). The Morgan fingerprint density at radius 1 is 1.35 bits per heavy atom. The number of thiophene rings is 1. The van der Waals surface area contributed by atoms with Gasteiger partial charge in [0.25, 0.3) is 0 Å². The van der Waals surface area contributed by atoms with E-state index in [1.54, 1.807) is 0 Å². The summed E-state index contributed by atoms with van der Waals surface area (Å²) < 4.78 is 0. The van der Waals surface area contributed by atoms with E-state index in [4.69, 9.17) is 0 Å². The fraction of sp³-hybridized carbons (Fsp3) is 0.533. The van der Waals surface area contributed by atoms with Crippen molar-refractivity contribution in [2.45, 2.75) is 19.0 Å². The summed E-state index contributed by atoms with van der Waals surface area (Å²) in [5.41, 5.74) is 0. The summed E-state index contributed by atoms with van der Waals surface area (Å²) in [5, 5.41) is 5.33. The molecule has 108 valence electrons. The Morgan fingerprint density at radius 3 is 3.05 bits per heavy atom. The second-order valence-corrected chi connectivity index (χ2v) is 6.38. The molecule has 20 heavy (non-hydrogen) atoms. The van der Waals surface area contributed by atoms with Gasteiger partial charge in [-0.3, -0.25) is 15.0 Å². The van der Waals surface area contributed by atoms with Gasteiger partial charge in [-0.1, -0.05) is 18.2 Å². The van der Waals surface area contributed by atoms with Crippen LogP contribution in [0.2, 0.25) is 0 Å². The van der Waals surface area contributed by atoms with Crippen LogP contribution in [0.4, 0.5) is 0 Å². The molecule has 1 fully saturated rings. The van der Waals surface area contributed by atoms with Gasteiger partial charge in [0.05, 0.1) is 0 Å². The quantitative estimate of drug-likeness (QED) is 0.853. The van der Waals surface area contributed by atoms with Gasteiger partial charge in [0.2, 0.25) is 5.91 Å². The molecule has 0 aliphatic carbocycles. The SMILES string of the molecule is O=C(C1C=CCN1)N1CCCN(Cc2cccs2)CC1. The summed E-state index contributed by atoms with van der Waals surface area (Å²) >= 11 is 1.81. The number of nitrogens with zero attached hydrogens (tertiary/aromatic N) is 2. The highest BCUT2D eigenvalue weighted by atomic mass is 32.1. The van der Waals surface area contributed by atoms with Crippen LogP contribution >= 0.6 is 11.3 Å². The Hall–Kier alpha value is -1.17. The van der Waals surface area contributed by atoms with E-state index >= 15 is 0 Å². The largest absolute Gasteiger partial charge is 0.340 e. The number of nitrogens with one attached hydrogen (secondary N) is 1. The molecule has 1 saturated heterocycles. The normalized spacial score (nSPS) is 24.0. The Balaban J connectivity index is 1.53. The van der Waals surface area contributed by atoms with Crippen molar-refractivity contribution in [3.8, 4) is 0 Å².